The van der Waals surface area contributed by atoms with Crippen LogP contribution >= 0.6 is 11.3 Å². The van der Waals surface area contributed by atoms with Crippen LogP contribution in [0.25, 0.3) is 148 Å². The molecule has 6 aromatic heterocycles. The first kappa shape index (κ1) is 97.5. The van der Waals surface area contributed by atoms with E-state index in [4.69, 9.17) is 0 Å². The summed E-state index contributed by atoms with van der Waals surface area (Å²) in [7, 11) is 6.19. The molecule has 25 rings (SSSR count). The van der Waals surface area contributed by atoms with E-state index in [-0.39, 0.29) is 63.2 Å². The average Bonchev–Trinajstić information content (AvgIpc) is 1.59. The maximum absolute atomic E-state index is 4.18. The van der Waals surface area contributed by atoms with Gasteiger partial charge in [-0.3, -0.25) is 0 Å². The van der Waals surface area contributed by atoms with Gasteiger partial charge in [0.05, 0.1) is 11.0 Å². The summed E-state index contributed by atoms with van der Waals surface area (Å²) < 4.78 is 7.69. The molecular formula is C122H100N14Pt3S. The molecule has 3 aliphatic heterocycles. The summed E-state index contributed by atoms with van der Waals surface area (Å²) in [4.78, 5) is 12.8. The van der Waals surface area contributed by atoms with Gasteiger partial charge in [-0.05, 0) is 139 Å². The summed E-state index contributed by atoms with van der Waals surface area (Å²) >= 11 is 1.86. The molecule has 0 radical (unpaired) electrons. The molecule has 0 saturated carbocycles. The van der Waals surface area contributed by atoms with Gasteiger partial charge >= 0.3 is 63.2 Å². The minimum absolute atomic E-state index is 0. The summed E-state index contributed by atoms with van der Waals surface area (Å²) in [6, 6.07) is 149. The zero-order chi connectivity index (χ0) is 93.1. The Morgan fingerprint density at radius 1 is 0.343 bits per heavy atom. The molecule has 9 heterocycles. The van der Waals surface area contributed by atoms with E-state index in [0.717, 1.165) is 78.7 Å². The van der Waals surface area contributed by atoms with E-state index in [1.807, 2.05) is 165 Å². The van der Waals surface area contributed by atoms with Crippen LogP contribution in [-0.2, 0) is 63.2 Å². The van der Waals surface area contributed by atoms with E-state index in [0.29, 0.717) is 6.04 Å². The van der Waals surface area contributed by atoms with Crippen LogP contribution in [0.1, 0.15) is 69.8 Å². The molecule has 0 saturated heterocycles. The van der Waals surface area contributed by atoms with Crippen LogP contribution in [0.4, 0.5) is 39.8 Å². The second-order valence-corrected chi connectivity index (χ2v) is 35.6. The molecule has 140 heavy (non-hydrogen) atoms. The van der Waals surface area contributed by atoms with Crippen molar-refractivity contribution in [3.05, 3.63) is 450 Å². The van der Waals surface area contributed by atoms with Gasteiger partial charge in [-0.15, -0.1) is 154 Å². The van der Waals surface area contributed by atoms with E-state index >= 15 is 0 Å². The molecule has 18 heteroatoms. The number of aryl methyl sites for hydroxylation is 2. The fraction of sp³-hybridized carbons (Fsp3) is 0.115. The maximum atomic E-state index is 4.18. The molecule has 0 aliphatic carbocycles. The zero-order valence-electron chi connectivity index (χ0n) is 78.5. The van der Waals surface area contributed by atoms with Crippen molar-refractivity contribution in [3.63, 3.8) is 0 Å². The first-order valence-corrected chi connectivity index (χ1v) is 47.5. The van der Waals surface area contributed by atoms with Crippen LogP contribution in [0.5, 0.6) is 0 Å². The molecule has 0 fully saturated rings. The molecule has 0 amide bonds. The van der Waals surface area contributed by atoms with Crippen molar-refractivity contribution in [1.29, 1.82) is 0 Å². The first-order chi connectivity index (χ1) is 67.4. The van der Waals surface area contributed by atoms with E-state index < -0.39 is 0 Å². The second kappa shape index (κ2) is 45.2. The maximum Gasteiger partial charge on any atom is 4.00 e. The van der Waals surface area contributed by atoms with Gasteiger partial charge < -0.3 is 69.1 Å². The number of hydrogen-bond donors (Lipinski definition) is 0. The molecule has 694 valence electrons. The SMILES string of the molecule is CCCCC(CCCC)n1c2ccccc2c2ccc(-c3c[c-]c(N4[CH-]N(C)c5ccccc54)cc3)cc21.CN1C=CN(c2[c-]cc(-c3ccc4c(c3)sc3ccccc34)cc2)[CH-]1.CN1[CH-]N(c2[c-]cc(-c3ccc4c5ccccc5n(-c5ccccc5)c4c3)cc2)c2ccccc21.Cc1cc(-c2[c-]cccc2)[n-]n1.Cc1cc(-c2[c-]cccc2)[n-]n1.[Pt+4].[Pt+4].[Pt+4].[c-]1ccccc1-c1[n-]nc2ccccc12. The van der Waals surface area contributed by atoms with Gasteiger partial charge in [0.25, 0.3) is 0 Å². The van der Waals surface area contributed by atoms with Crippen LogP contribution in [0.15, 0.2) is 382 Å². The smallest absolute Gasteiger partial charge is 0.619 e. The second-order valence-electron chi connectivity index (χ2n) is 34.5. The van der Waals surface area contributed by atoms with E-state index in [9.17, 15) is 0 Å². The number of para-hydroxylation sites is 7. The van der Waals surface area contributed by atoms with Crippen molar-refractivity contribution in [2.75, 3.05) is 45.6 Å². The van der Waals surface area contributed by atoms with Gasteiger partial charge in [-0.25, -0.2) is 11.4 Å². The van der Waals surface area contributed by atoms with Crippen molar-refractivity contribution in [1.82, 2.24) is 44.6 Å². The Balaban J connectivity index is 0.000000122. The molecular weight excluding hydrogens is 2280 g/mol. The minimum Gasteiger partial charge on any atom is -0.619 e. The molecule has 3 aliphatic rings. The molecule has 0 bridgehead atoms. The number of fused-ring (bicyclic) bond motifs is 12. The van der Waals surface area contributed by atoms with Crippen LogP contribution in [0.2, 0.25) is 0 Å². The third kappa shape index (κ3) is 21.2. The summed E-state index contributed by atoms with van der Waals surface area (Å²) in [6.45, 7) is 14.7. The van der Waals surface area contributed by atoms with Crippen molar-refractivity contribution in [2.45, 2.75) is 72.3 Å². The Labute approximate surface area is 867 Å². The predicted octanol–water partition coefficient (Wildman–Crippen LogP) is 30.0. The van der Waals surface area contributed by atoms with E-state index in [1.165, 1.54) is 159 Å². The van der Waals surface area contributed by atoms with Crippen LogP contribution in [-0.4, -0.2) is 50.5 Å². The van der Waals surface area contributed by atoms with Gasteiger partial charge in [0.15, 0.2) is 0 Å². The fourth-order valence-corrected chi connectivity index (χ4v) is 19.5. The number of unbranched alkanes of at least 4 members (excludes halogenated alkanes) is 2. The third-order valence-corrected chi connectivity index (χ3v) is 26.3. The first-order valence-electron chi connectivity index (χ1n) is 46.7. The Bertz CT molecular complexity index is 7820. The summed E-state index contributed by atoms with van der Waals surface area (Å²) in [6.07, 6.45) is 11.5. The number of anilines is 7. The molecule has 22 aromatic rings. The summed E-state index contributed by atoms with van der Waals surface area (Å²) in [5.41, 5.74) is 30.0. The van der Waals surface area contributed by atoms with Crippen LogP contribution in [0, 0.1) is 70.3 Å². The van der Waals surface area contributed by atoms with Crippen LogP contribution in [0.3, 0.4) is 0 Å². The minimum atomic E-state index is 0. The van der Waals surface area contributed by atoms with Gasteiger partial charge in [0, 0.05) is 104 Å². The van der Waals surface area contributed by atoms with Crippen molar-refractivity contribution in [2.24, 2.45) is 0 Å². The van der Waals surface area contributed by atoms with Gasteiger partial charge in [0.1, 0.15) is 0 Å². The average molecular weight is 2380 g/mol. The van der Waals surface area contributed by atoms with E-state index in [2.05, 4.69) is 403 Å². The normalized spacial score (nSPS) is 12.3. The number of aromatic nitrogens is 8. The predicted molar refractivity (Wildman–Crippen MR) is 569 cm³/mol. The largest absolute Gasteiger partial charge is 4.00 e. The van der Waals surface area contributed by atoms with Gasteiger partial charge in [-0.2, -0.15) is 97.0 Å². The number of nitrogens with zero attached hydrogens (tertiary/aromatic N) is 14. The van der Waals surface area contributed by atoms with Crippen molar-refractivity contribution in [3.8, 4) is 72.8 Å². The Morgan fingerprint density at radius 2 is 0.779 bits per heavy atom. The molecule has 16 aromatic carbocycles. The quantitative estimate of drug-likeness (QED) is 0.0810. The van der Waals surface area contributed by atoms with Crippen LogP contribution < -0.4 is 39.8 Å². The van der Waals surface area contributed by atoms with E-state index in [1.54, 1.807) is 0 Å². The van der Waals surface area contributed by atoms with Gasteiger partial charge in [-0.1, -0.05) is 225 Å². The number of benzene rings is 16. The summed E-state index contributed by atoms with van der Waals surface area (Å²) in [5.74, 6) is 0. The number of hydrogen-bond acceptors (Lipinski definition) is 10. The number of rotatable bonds is 17. The Hall–Kier alpha value is -14.2. The Morgan fingerprint density at radius 3 is 1.29 bits per heavy atom. The summed E-state index contributed by atoms with van der Waals surface area (Å²) in [5, 5.41) is 33.2. The van der Waals surface area contributed by atoms with Crippen molar-refractivity contribution >= 4 is 126 Å². The van der Waals surface area contributed by atoms with Crippen molar-refractivity contribution < 1.29 is 63.2 Å². The molecule has 14 nitrogen and oxygen atoms in total. The molecule has 0 unspecified atom stereocenters. The fourth-order valence-electron chi connectivity index (χ4n) is 18.3. The Kier molecular flexibility index (Phi) is 31.5. The zero-order valence-corrected chi connectivity index (χ0v) is 86.2. The number of thiophene rings is 1. The molecule has 0 atom stereocenters. The standard InChI is InChI=1S/C35H37N3.C32H23N3.C22H16N2S.C13H8N2.2C10H8N2.3Pt/c1-4-6-12-29(13-7-5-2)38-32-15-9-8-14-30(32)31-23-20-27(24-35(31)38)26-18-21-28(22-19-26)37-25-36(3)33-16-10-11-17-34(33)37;1-33-22-34(31-14-8-7-13-30(31)33)25-18-15-23(16-19-25)24-17-20-28-27-11-5-6-12-29(27)35(32(28)21-24)26-9-3-2-4-10-26;1-23-12-13-24(15-23)18-9-6-16(7-10-18)17-8-11-20-19-4-2-3-5-21(19)25-22(20)14-17;1-2-6-10(7-3-1)13-11-8-4-5-9-12(11)14-15-13;2*1-8-7-10(12-11-8)9-5-3-2-4-6-9;;;/h8-11,14-21,23-25,29H,4-7,12-13H2,1-3H3;2-18,20-22H,1H3;2-9,11-15H,1H3;1-6,8-9H;2*2-5,7H,1H3;;;/q6*-2;3*+4. The topological polar surface area (TPSA) is 110 Å². The monoisotopic (exact) mass is 2380 g/mol. The third-order valence-electron chi connectivity index (χ3n) is 25.2. The molecule has 0 spiro atoms. The van der Waals surface area contributed by atoms with Gasteiger partial charge in [0.2, 0.25) is 0 Å². The molecule has 0 N–H and O–H groups in total.